The number of likely N-dealkylation sites (tertiary alicyclic amines) is 1. The van der Waals surface area contributed by atoms with E-state index in [4.69, 9.17) is 22.4 Å². The second-order valence-electron chi connectivity index (χ2n) is 7.37. The van der Waals surface area contributed by atoms with E-state index >= 15 is 0 Å². The molecule has 0 unspecified atom stereocenters. The number of nitrogen functional groups attached to an aromatic ring is 1. The van der Waals surface area contributed by atoms with Crippen LogP contribution in [0, 0.1) is 0 Å². The molecule has 0 radical (unpaired) electrons. The molecule has 2 aromatic rings. The Labute approximate surface area is 207 Å². The van der Waals surface area contributed by atoms with E-state index in [1.54, 1.807) is 25.7 Å². The zero-order chi connectivity index (χ0) is 26.8. The number of halogens is 4. The van der Waals surface area contributed by atoms with Crippen LogP contribution in [-0.2, 0) is 23.9 Å². The molecule has 0 saturated carbocycles. The largest absolute Gasteiger partial charge is 0.453 e. The van der Waals surface area contributed by atoms with Gasteiger partial charge in [-0.15, -0.1) is 0 Å². The number of aromatic nitrogens is 2. The first kappa shape index (κ1) is 30.2. The van der Waals surface area contributed by atoms with Crippen molar-refractivity contribution < 1.29 is 27.8 Å². The highest BCUT2D eigenvalue weighted by molar-refractivity contribution is 6.33. The Hall–Kier alpha value is -2.79. The highest BCUT2D eigenvalue weighted by atomic mass is 35.5. The summed E-state index contributed by atoms with van der Waals surface area (Å²) in [7, 11) is 1.42. The van der Waals surface area contributed by atoms with E-state index in [0.29, 0.717) is 12.1 Å². The quantitative estimate of drug-likeness (QED) is 0.612. The molecule has 1 fully saturated rings. The summed E-state index contributed by atoms with van der Waals surface area (Å²) < 4.78 is 44.0. The average Bonchev–Trinajstić information content (AvgIpc) is 3.36. The van der Waals surface area contributed by atoms with Crippen LogP contribution in [0.1, 0.15) is 44.9 Å². The molecule has 8 nitrogen and oxygen atoms in total. The number of amides is 1. The van der Waals surface area contributed by atoms with Gasteiger partial charge in [0, 0.05) is 31.8 Å². The lowest BCUT2D eigenvalue weighted by Crippen LogP contribution is -2.27. The predicted molar refractivity (Wildman–Crippen MR) is 129 cm³/mol. The van der Waals surface area contributed by atoms with Crippen LogP contribution in [0.2, 0.25) is 5.02 Å². The zero-order valence-electron chi connectivity index (χ0n) is 20.3. The summed E-state index contributed by atoms with van der Waals surface area (Å²) in [6.07, 6.45) is -2.01. The molecular formula is C23H32ClF3N4O4. The fourth-order valence-electron chi connectivity index (χ4n) is 3.28. The number of nitrogens with two attached hydrogens (primary N) is 1. The molecule has 1 aliphatic rings. The van der Waals surface area contributed by atoms with E-state index in [-0.39, 0.29) is 41.3 Å². The van der Waals surface area contributed by atoms with Crippen molar-refractivity contribution in [3.8, 4) is 11.4 Å². The number of ether oxygens (including phenoxy) is 1. The standard InChI is InChI=1S/C15H15ClF3N3O.C6H11NO2.C2H6O/c1-3-11-12(20)14(23)22(4-2)13(21-11)9-6-5-8(7-10(9)16)15(17,18)19;1-9-6(8)7-4-2-3-5-7;1-2-3/h5-7H,3-4,20H2,1-2H3;2-5H2,1H3;3H,2H2,1H3. The normalized spacial score (nSPS) is 12.9. The highest BCUT2D eigenvalue weighted by Gasteiger charge is 2.31. The number of benzene rings is 1. The fourth-order valence-corrected chi connectivity index (χ4v) is 3.55. The summed E-state index contributed by atoms with van der Waals surface area (Å²) in [5.74, 6) is 0.210. The Morgan fingerprint density at radius 2 is 1.80 bits per heavy atom. The third kappa shape index (κ3) is 8.14. The molecule has 3 rings (SSSR count). The minimum absolute atomic E-state index is 0.0427. The number of nitrogens with zero attached hydrogens (tertiary/aromatic N) is 3. The van der Waals surface area contributed by atoms with Gasteiger partial charge in [0.1, 0.15) is 11.5 Å². The summed E-state index contributed by atoms with van der Waals surface area (Å²) in [5.41, 5.74) is 5.17. The van der Waals surface area contributed by atoms with E-state index in [9.17, 15) is 22.8 Å². The molecule has 0 aliphatic carbocycles. The molecule has 35 heavy (non-hydrogen) atoms. The molecule has 0 atom stereocenters. The molecular weight excluding hydrogens is 489 g/mol. The molecule has 2 heterocycles. The molecule has 1 aromatic heterocycles. The third-order valence-electron chi connectivity index (χ3n) is 5.01. The van der Waals surface area contributed by atoms with Crippen molar-refractivity contribution >= 4 is 23.4 Å². The van der Waals surface area contributed by atoms with Crippen LogP contribution in [0.15, 0.2) is 23.0 Å². The Morgan fingerprint density at radius 1 is 1.23 bits per heavy atom. The van der Waals surface area contributed by atoms with Gasteiger partial charge in [0.2, 0.25) is 0 Å². The van der Waals surface area contributed by atoms with Crippen molar-refractivity contribution in [2.75, 3.05) is 32.5 Å². The topological polar surface area (TPSA) is 111 Å². The van der Waals surface area contributed by atoms with Crippen molar-refractivity contribution in [3.63, 3.8) is 0 Å². The molecule has 1 aromatic carbocycles. The zero-order valence-corrected chi connectivity index (χ0v) is 21.0. The average molecular weight is 521 g/mol. The Kier molecular flexibility index (Phi) is 12.0. The molecule has 0 bridgehead atoms. The van der Waals surface area contributed by atoms with E-state index < -0.39 is 17.3 Å². The van der Waals surface area contributed by atoms with Gasteiger partial charge in [-0.1, -0.05) is 18.5 Å². The molecule has 1 aliphatic heterocycles. The molecule has 0 spiro atoms. The lowest BCUT2D eigenvalue weighted by Gasteiger charge is -2.15. The maximum absolute atomic E-state index is 12.7. The SMILES string of the molecule is CCO.CCc1nc(-c2ccc(C(F)(F)F)cc2Cl)n(CC)c(=O)c1N.COC(=O)N1CCCC1. The number of aliphatic hydroxyl groups excluding tert-OH is 1. The van der Waals surface area contributed by atoms with Crippen LogP contribution in [0.4, 0.5) is 23.7 Å². The van der Waals surface area contributed by atoms with Gasteiger partial charge in [0.05, 0.1) is 23.4 Å². The summed E-state index contributed by atoms with van der Waals surface area (Å²) in [4.78, 5) is 29.0. The van der Waals surface area contributed by atoms with Gasteiger partial charge in [-0.05, 0) is 51.3 Å². The number of aliphatic hydroxyl groups is 1. The number of alkyl halides is 3. The van der Waals surface area contributed by atoms with Crippen molar-refractivity contribution in [3.05, 3.63) is 44.8 Å². The van der Waals surface area contributed by atoms with Gasteiger partial charge >= 0.3 is 12.3 Å². The fraction of sp³-hybridized carbons (Fsp3) is 0.522. The van der Waals surface area contributed by atoms with E-state index in [0.717, 1.165) is 38.1 Å². The van der Waals surface area contributed by atoms with Crippen LogP contribution >= 0.6 is 11.6 Å². The minimum Gasteiger partial charge on any atom is -0.453 e. The number of methoxy groups -OCH3 is 1. The van der Waals surface area contributed by atoms with Crippen LogP contribution in [0.25, 0.3) is 11.4 Å². The highest BCUT2D eigenvalue weighted by Crippen LogP contribution is 2.35. The van der Waals surface area contributed by atoms with Crippen LogP contribution in [0.3, 0.4) is 0 Å². The van der Waals surface area contributed by atoms with Crippen molar-refractivity contribution in [2.45, 2.75) is 52.8 Å². The summed E-state index contributed by atoms with van der Waals surface area (Å²) >= 11 is 6.00. The van der Waals surface area contributed by atoms with Crippen LogP contribution < -0.4 is 11.3 Å². The summed E-state index contributed by atoms with van der Waals surface area (Å²) in [6.45, 7) is 7.44. The number of hydrogen-bond donors (Lipinski definition) is 2. The van der Waals surface area contributed by atoms with Crippen molar-refractivity contribution in [1.29, 1.82) is 0 Å². The minimum atomic E-state index is -4.49. The van der Waals surface area contributed by atoms with Gasteiger partial charge in [0.25, 0.3) is 5.56 Å². The van der Waals surface area contributed by atoms with Gasteiger partial charge in [-0.3, -0.25) is 9.36 Å². The second kappa shape index (κ2) is 13.9. The first-order valence-electron chi connectivity index (χ1n) is 11.2. The third-order valence-corrected chi connectivity index (χ3v) is 5.32. The van der Waals surface area contributed by atoms with Gasteiger partial charge in [0.15, 0.2) is 0 Å². The summed E-state index contributed by atoms with van der Waals surface area (Å²) in [6, 6.07) is 2.95. The molecule has 1 saturated heterocycles. The Morgan fingerprint density at radius 3 is 2.23 bits per heavy atom. The summed E-state index contributed by atoms with van der Waals surface area (Å²) in [5, 5.41) is 7.45. The van der Waals surface area contributed by atoms with E-state index in [1.165, 1.54) is 17.7 Å². The maximum atomic E-state index is 12.7. The van der Waals surface area contributed by atoms with E-state index in [2.05, 4.69) is 9.72 Å². The number of rotatable bonds is 3. The number of aryl methyl sites for hydroxylation is 1. The van der Waals surface area contributed by atoms with Gasteiger partial charge < -0.3 is 20.5 Å². The smallest absolute Gasteiger partial charge is 0.416 e. The van der Waals surface area contributed by atoms with Crippen molar-refractivity contribution in [2.24, 2.45) is 0 Å². The number of anilines is 1. The molecule has 3 N–H and O–H groups in total. The molecule has 196 valence electrons. The number of carbonyl (C=O) groups is 1. The lowest BCUT2D eigenvalue weighted by atomic mass is 10.1. The van der Waals surface area contributed by atoms with Gasteiger partial charge in [-0.25, -0.2) is 9.78 Å². The first-order chi connectivity index (χ1) is 16.5. The second-order valence-corrected chi connectivity index (χ2v) is 7.78. The molecule has 1 amide bonds. The monoisotopic (exact) mass is 520 g/mol. The first-order valence-corrected chi connectivity index (χ1v) is 11.5. The lowest BCUT2D eigenvalue weighted by molar-refractivity contribution is -0.137. The molecule has 12 heteroatoms. The van der Waals surface area contributed by atoms with Crippen LogP contribution in [-0.4, -0.2) is 52.5 Å². The number of hydrogen-bond acceptors (Lipinski definition) is 6. The van der Waals surface area contributed by atoms with E-state index in [1.807, 2.05) is 0 Å². The Balaban J connectivity index is 0.000000422. The van der Waals surface area contributed by atoms with Crippen molar-refractivity contribution in [1.82, 2.24) is 14.5 Å². The van der Waals surface area contributed by atoms with Crippen LogP contribution in [0.5, 0.6) is 0 Å². The number of carbonyl (C=O) groups excluding carboxylic acids is 1. The predicted octanol–water partition coefficient (Wildman–Crippen LogP) is 4.59. The Bertz CT molecular complexity index is 1040. The maximum Gasteiger partial charge on any atom is 0.416 e. The van der Waals surface area contributed by atoms with Gasteiger partial charge in [-0.2, -0.15) is 13.2 Å².